The van der Waals surface area contributed by atoms with Crippen LogP contribution < -0.4 is 5.73 Å². The molecule has 1 aliphatic carbocycles. The summed E-state index contributed by atoms with van der Waals surface area (Å²) in [6.45, 7) is 1.66. The van der Waals surface area contributed by atoms with Gasteiger partial charge in [-0.15, -0.1) is 0 Å². The highest BCUT2D eigenvalue weighted by atomic mass is 15.3. The molecule has 0 aromatic carbocycles. The highest BCUT2D eigenvalue weighted by molar-refractivity contribution is 5.02. The first-order valence-electron chi connectivity index (χ1n) is 6.10. The maximum absolute atomic E-state index is 5.55. The molecule has 1 aromatic heterocycles. The van der Waals surface area contributed by atoms with Crippen LogP contribution in [0.3, 0.4) is 0 Å². The van der Waals surface area contributed by atoms with Gasteiger partial charge in [0.1, 0.15) is 0 Å². The zero-order valence-electron chi connectivity index (χ0n) is 9.36. The summed E-state index contributed by atoms with van der Waals surface area (Å²) in [4.78, 5) is 0. The second-order valence-corrected chi connectivity index (χ2v) is 4.61. The molecular formula is C12H21N3. The van der Waals surface area contributed by atoms with Gasteiger partial charge in [-0.1, -0.05) is 32.1 Å². The lowest BCUT2D eigenvalue weighted by Crippen LogP contribution is -2.10. The Morgan fingerprint density at radius 3 is 2.80 bits per heavy atom. The van der Waals surface area contributed by atoms with E-state index in [1.54, 1.807) is 0 Å². The minimum atomic E-state index is 0.601. The van der Waals surface area contributed by atoms with Gasteiger partial charge >= 0.3 is 0 Å². The number of rotatable bonds is 4. The Morgan fingerprint density at radius 2 is 2.13 bits per heavy atom. The van der Waals surface area contributed by atoms with Gasteiger partial charge in [-0.25, -0.2) is 0 Å². The van der Waals surface area contributed by atoms with Gasteiger partial charge < -0.3 is 5.73 Å². The number of aromatic nitrogens is 2. The number of nitrogens with zero attached hydrogens (tertiary/aromatic N) is 2. The van der Waals surface area contributed by atoms with E-state index in [-0.39, 0.29) is 0 Å². The van der Waals surface area contributed by atoms with Gasteiger partial charge in [0.2, 0.25) is 0 Å². The first-order chi connectivity index (χ1) is 7.38. The lowest BCUT2D eigenvalue weighted by Gasteiger charge is -2.21. The van der Waals surface area contributed by atoms with Crippen molar-refractivity contribution < 1.29 is 0 Å². The summed E-state index contributed by atoms with van der Waals surface area (Å²) in [5.74, 6) is 0.935. The molecule has 2 N–H and O–H groups in total. The summed E-state index contributed by atoms with van der Waals surface area (Å²) in [5, 5.41) is 4.31. The molecule has 0 unspecified atom stereocenters. The third kappa shape index (κ3) is 3.06. The molecule has 15 heavy (non-hydrogen) atoms. The number of hydrogen-bond acceptors (Lipinski definition) is 2. The molecule has 3 heteroatoms. The normalized spacial score (nSPS) is 18.2. The Kier molecular flexibility index (Phi) is 3.78. The van der Waals surface area contributed by atoms with E-state index in [4.69, 9.17) is 5.73 Å². The standard InChI is InChI=1S/C12H21N3/c13-8-12-9-14-15(10-12)7-6-11-4-2-1-3-5-11/h9-11H,1-8,13H2. The van der Waals surface area contributed by atoms with E-state index in [2.05, 4.69) is 11.3 Å². The first kappa shape index (κ1) is 10.7. The van der Waals surface area contributed by atoms with Crippen LogP contribution in [-0.4, -0.2) is 9.78 Å². The van der Waals surface area contributed by atoms with Crippen molar-refractivity contribution >= 4 is 0 Å². The van der Waals surface area contributed by atoms with Crippen LogP contribution in [0.15, 0.2) is 12.4 Å². The maximum Gasteiger partial charge on any atom is 0.0534 e. The average molecular weight is 207 g/mol. The highest BCUT2D eigenvalue weighted by Gasteiger charge is 2.13. The predicted octanol–water partition coefficient (Wildman–Crippen LogP) is 2.31. The lowest BCUT2D eigenvalue weighted by atomic mass is 9.87. The van der Waals surface area contributed by atoms with Gasteiger partial charge in [0, 0.05) is 24.8 Å². The van der Waals surface area contributed by atoms with Crippen molar-refractivity contribution in [1.82, 2.24) is 9.78 Å². The molecule has 2 rings (SSSR count). The monoisotopic (exact) mass is 207 g/mol. The van der Waals surface area contributed by atoms with E-state index in [1.165, 1.54) is 38.5 Å². The van der Waals surface area contributed by atoms with Crippen LogP contribution in [0.1, 0.15) is 44.1 Å². The Labute approximate surface area is 91.7 Å². The Hall–Kier alpha value is -0.830. The van der Waals surface area contributed by atoms with E-state index < -0.39 is 0 Å². The smallest absolute Gasteiger partial charge is 0.0534 e. The van der Waals surface area contributed by atoms with Crippen LogP contribution >= 0.6 is 0 Å². The number of hydrogen-bond donors (Lipinski definition) is 1. The molecule has 0 radical (unpaired) electrons. The molecule has 0 spiro atoms. The lowest BCUT2D eigenvalue weighted by molar-refractivity contribution is 0.319. The van der Waals surface area contributed by atoms with Crippen LogP contribution in [0.5, 0.6) is 0 Å². The summed E-state index contributed by atoms with van der Waals surface area (Å²) in [7, 11) is 0. The molecule has 0 amide bonds. The van der Waals surface area contributed by atoms with E-state index in [0.717, 1.165) is 18.0 Å². The molecule has 1 fully saturated rings. The van der Waals surface area contributed by atoms with Gasteiger partial charge in [0.25, 0.3) is 0 Å². The van der Waals surface area contributed by atoms with Crippen molar-refractivity contribution in [2.75, 3.05) is 0 Å². The molecule has 1 aliphatic rings. The van der Waals surface area contributed by atoms with E-state index in [0.29, 0.717) is 6.54 Å². The second kappa shape index (κ2) is 5.31. The van der Waals surface area contributed by atoms with Crippen LogP contribution in [0, 0.1) is 5.92 Å². The number of aryl methyl sites for hydroxylation is 1. The molecule has 1 heterocycles. The van der Waals surface area contributed by atoms with Crippen molar-refractivity contribution in [3.63, 3.8) is 0 Å². The fourth-order valence-electron chi connectivity index (χ4n) is 2.42. The van der Waals surface area contributed by atoms with Gasteiger partial charge in [-0.2, -0.15) is 5.10 Å². The van der Waals surface area contributed by atoms with Gasteiger partial charge in [-0.3, -0.25) is 4.68 Å². The van der Waals surface area contributed by atoms with Crippen LogP contribution in [0.4, 0.5) is 0 Å². The third-order valence-corrected chi connectivity index (χ3v) is 3.41. The Morgan fingerprint density at radius 1 is 1.33 bits per heavy atom. The largest absolute Gasteiger partial charge is 0.326 e. The van der Waals surface area contributed by atoms with Crippen molar-refractivity contribution in [2.24, 2.45) is 11.7 Å². The third-order valence-electron chi connectivity index (χ3n) is 3.41. The molecule has 3 nitrogen and oxygen atoms in total. The summed E-state index contributed by atoms with van der Waals surface area (Å²) in [6.07, 6.45) is 12.4. The minimum absolute atomic E-state index is 0.601. The topological polar surface area (TPSA) is 43.8 Å². The van der Waals surface area contributed by atoms with Crippen molar-refractivity contribution in [3.8, 4) is 0 Å². The van der Waals surface area contributed by atoms with Crippen molar-refractivity contribution in [3.05, 3.63) is 18.0 Å². The van der Waals surface area contributed by atoms with Crippen LogP contribution in [0.2, 0.25) is 0 Å². The Balaban J connectivity index is 1.76. The molecule has 1 aromatic rings. The summed E-state index contributed by atoms with van der Waals surface area (Å²) < 4.78 is 2.04. The molecule has 84 valence electrons. The van der Waals surface area contributed by atoms with Gasteiger partial charge in [0.15, 0.2) is 0 Å². The minimum Gasteiger partial charge on any atom is -0.326 e. The SMILES string of the molecule is NCc1cnn(CCC2CCCCC2)c1. The second-order valence-electron chi connectivity index (χ2n) is 4.61. The fraction of sp³-hybridized carbons (Fsp3) is 0.750. The predicted molar refractivity (Wildman–Crippen MR) is 61.3 cm³/mol. The van der Waals surface area contributed by atoms with Crippen molar-refractivity contribution in [1.29, 1.82) is 0 Å². The molecule has 0 atom stereocenters. The summed E-state index contributed by atoms with van der Waals surface area (Å²) in [6, 6.07) is 0. The molecule has 0 bridgehead atoms. The van der Waals surface area contributed by atoms with Gasteiger partial charge in [0.05, 0.1) is 6.20 Å². The molecule has 0 aliphatic heterocycles. The van der Waals surface area contributed by atoms with Gasteiger partial charge in [-0.05, 0) is 12.3 Å². The van der Waals surface area contributed by atoms with Crippen LogP contribution in [-0.2, 0) is 13.1 Å². The fourth-order valence-corrected chi connectivity index (χ4v) is 2.42. The van der Waals surface area contributed by atoms with E-state index in [9.17, 15) is 0 Å². The zero-order valence-corrected chi connectivity index (χ0v) is 9.36. The zero-order chi connectivity index (χ0) is 10.5. The van der Waals surface area contributed by atoms with Crippen LogP contribution in [0.25, 0.3) is 0 Å². The molecular weight excluding hydrogens is 186 g/mol. The highest BCUT2D eigenvalue weighted by Crippen LogP contribution is 2.26. The summed E-state index contributed by atoms with van der Waals surface area (Å²) in [5.41, 5.74) is 6.69. The quantitative estimate of drug-likeness (QED) is 0.823. The van der Waals surface area contributed by atoms with Crippen molar-refractivity contribution in [2.45, 2.75) is 51.6 Å². The van der Waals surface area contributed by atoms with E-state index in [1.807, 2.05) is 10.9 Å². The molecule has 1 saturated carbocycles. The molecule has 0 saturated heterocycles. The maximum atomic E-state index is 5.55. The summed E-state index contributed by atoms with van der Waals surface area (Å²) >= 11 is 0. The van der Waals surface area contributed by atoms with E-state index >= 15 is 0 Å². The Bertz CT molecular complexity index is 287. The first-order valence-corrected chi connectivity index (χ1v) is 6.10. The number of nitrogens with two attached hydrogens (primary N) is 1. The average Bonchev–Trinajstić information content (AvgIpc) is 2.76.